The minimum absolute atomic E-state index is 0.307. The number of carbonyl (C=O) groups excluding carboxylic acids is 3. The molecule has 1 radical (unpaired) electrons. The second kappa shape index (κ2) is 21.4. The monoisotopic (exact) mass is 738 g/mol. The summed E-state index contributed by atoms with van der Waals surface area (Å²) in [7, 11) is 9.89. The van der Waals surface area contributed by atoms with Crippen LogP contribution in [0.25, 0.3) is 0 Å². The summed E-state index contributed by atoms with van der Waals surface area (Å²) in [5, 5.41) is 9.59. The molecule has 14 heteroatoms. The van der Waals surface area contributed by atoms with Crippen molar-refractivity contribution in [3.8, 4) is 34.5 Å². The van der Waals surface area contributed by atoms with Crippen LogP contribution in [0.2, 0.25) is 0 Å². The number of rotatable bonds is 13. The molecule has 4 aromatic carbocycles. The Bertz CT molecular complexity index is 1630. The number of nitrogens with zero attached hydrogens (tertiary/aromatic N) is 1. The van der Waals surface area contributed by atoms with Crippen LogP contribution >= 0.6 is 28.7 Å². The van der Waals surface area contributed by atoms with Gasteiger partial charge in [0.25, 0.3) is 0 Å². The summed E-state index contributed by atoms with van der Waals surface area (Å²) in [5.74, 6) is 1.92. The first-order valence-electron chi connectivity index (χ1n) is 14.0. The summed E-state index contributed by atoms with van der Waals surface area (Å²) < 4.78 is 33.9. The van der Waals surface area contributed by atoms with Gasteiger partial charge in [-0.1, -0.05) is 52.3 Å². The van der Waals surface area contributed by atoms with E-state index >= 15 is 0 Å². The standard InChI is InChI=1S/C17H17BrO5.C17H16O5.BHNS/c1-21-14-10-11(16(19)15(18)17(20)22-2)8-9-13(14)23-12-6-4-3-5-7-12;1-20-16-10-12(14(18)11-17(19)21-2)8-9-15(16)22-13-6-4-3-5-7-13;1-2-3/h3-10,15,17,20H,1-2H3;3-10H,11H2,1-2H3;3H. The molecule has 11 nitrogen and oxygen atoms in total. The number of Topliss-reactive ketones (excluding diaryl/α,β-unsaturated/α-hetero) is 2. The van der Waals surface area contributed by atoms with Crippen LogP contribution in [-0.2, 0) is 14.3 Å². The molecule has 251 valence electrons. The quantitative estimate of drug-likeness (QED) is 0.0286. The van der Waals surface area contributed by atoms with Crippen molar-refractivity contribution in [2.24, 2.45) is 4.30 Å². The Hall–Kier alpha value is -4.50. The third-order valence-corrected chi connectivity index (χ3v) is 7.02. The molecule has 0 amide bonds. The van der Waals surface area contributed by atoms with Gasteiger partial charge in [0, 0.05) is 18.2 Å². The first-order valence-corrected chi connectivity index (χ1v) is 15.3. The van der Waals surface area contributed by atoms with Crippen molar-refractivity contribution in [2.45, 2.75) is 17.5 Å². The molecule has 2 unspecified atom stereocenters. The second-order valence-electron chi connectivity index (χ2n) is 9.25. The zero-order chi connectivity index (χ0) is 35.5. The van der Waals surface area contributed by atoms with E-state index < -0.39 is 17.1 Å². The molecule has 1 N–H and O–H groups in total. The molecule has 0 aliphatic rings. The van der Waals surface area contributed by atoms with Crippen molar-refractivity contribution in [3.63, 3.8) is 0 Å². The molecule has 0 fully saturated rings. The van der Waals surface area contributed by atoms with Crippen LogP contribution < -0.4 is 18.9 Å². The van der Waals surface area contributed by atoms with E-state index in [9.17, 15) is 19.5 Å². The molecular weight excluding hydrogens is 705 g/mol. The maximum absolute atomic E-state index is 12.3. The minimum atomic E-state index is -1.23. The van der Waals surface area contributed by atoms with E-state index in [2.05, 4.69) is 45.4 Å². The van der Waals surface area contributed by atoms with Crippen LogP contribution in [0.5, 0.6) is 34.5 Å². The SMILES string of the molecule is COC(=O)CC(=O)c1ccc(Oc2ccccc2)c(OC)c1.COc1cc(C(=O)C(Br)C(O)OC)ccc1Oc1ccccc1.[B]=NS. The Labute approximate surface area is 293 Å². The Morgan fingerprint density at radius 1 is 0.750 bits per heavy atom. The number of ether oxygens (including phenoxy) is 6. The van der Waals surface area contributed by atoms with Crippen molar-refractivity contribution < 1.29 is 47.9 Å². The summed E-state index contributed by atoms with van der Waals surface area (Å²) >= 11 is 6.32. The van der Waals surface area contributed by atoms with Gasteiger partial charge < -0.3 is 33.5 Å². The number of ketones is 2. The molecule has 48 heavy (non-hydrogen) atoms. The number of aliphatic hydroxyl groups excluding tert-OH is 1. The van der Waals surface area contributed by atoms with Gasteiger partial charge in [0.15, 0.2) is 40.9 Å². The molecule has 0 aromatic heterocycles. The van der Waals surface area contributed by atoms with E-state index in [4.69, 9.17) is 23.7 Å². The van der Waals surface area contributed by atoms with Crippen molar-refractivity contribution in [1.82, 2.24) is 0 Å². The molecule has 0 saturated heterocycles. The number of para-hydroxylation sites is 2. The number of methoxy groups -OCH3 is 4. The first kappa shape index (κ1) is 39.7. The Morgan fingerprint density at radius 2 is 1.19 bits per heavy atom. The summed E-state index contributed by atoms with van der Waals surface area (Å²) in [6, 6.07) is 28.1. The second-order valence-corrected chi connectivity index (χ2v) is 10.5. The molecule has 0 bridgehead atoms. The summed E-state index contributed by atoms with van der Waals surface area (Å²) in [5.41, 5.74) is 0.739. The number of halogens is 1. The van der Waals surface area contributed by atoms with Crippen molar-refractivity contribution >= 4 is 53.9 Å². The maximum atomic E-state index is 12.3. The van der Waals surface area contributed by atoms with E-state index in [1.807, 2.05) is 60.7 Å². The molecule has 0 aliphatic carbocycles. The number of hydrogen-bond acceptors (Lipinski definition) is 12. The van der Waals surface area contributed by atoms with Gasteiger partial charge in [0.2, 0.25) is 0 Å². The van der Waals surface area contributed by atoms with Crippen LogP contribution in [-0.4, -0.2) is 69.8 Å². The number of carbonyl (C=O) groups is 3. The predicted molar refractivity (Wildman–Crippen MR) is 187 cm³/mol. The fourth-order valence-corrected chi connectivity index (χ4v) is 4.26. The number of esters is 1. The van der Waals surface area contributed by atoms with Gasteiger partial charge in [-0.05, 0) is 60.7 Å². The average Bonchev–Trinajstić information content (AvgIpc) is 3.12. The fourth-order valence-electron chi connectivity index (χ4n) is 3.78. The van der Waals surface area contributed by atoms with Crippen LogP contribution in [0.3, 0.4) is 0 Å². The van der Waals surface area contributed by atoms with Gasteiger partial charge in [0.1, 0.15) is 22.7 Å². The third kappa shape index (κ3) is 12.6. The number of thiol groups is 1. The van der Waals surface area contributed by atoms with Crippen molar-refractivity contribution in [2.75, 3.05) is 28.4 Å². The average molecular weight is 739 g/mol. The molecule has 0 saturated carbocycles. The van der Waals surface area contributed by atoms with E-state index in [1.54, 1.807) is 36.4 Å². The third-order valence-electron chi connectivity index (χ3n) is 6.15. The van der Waals surface area contributed by atoms with Gasteiger partial charge in [0.05, 0.1) is 21.3 Å². The molecule has 0 aliphatic heterocycles. The van der Waals surface area contributed by atoms with Crippen molar-refractivity contribution in [3.05, 3.63) is 108 Å². The van der Waals surface area contributed by atoms with Gasteiger partial charge in [-0.2, -0.15) is 0 Å². The number of benzene rings is 4. The van der Waals surface area contributed by atoms with Crippen LogP contribution in [0.4, 0.5) is 0 Å². The molecular formula is C34H34BBrNO10S. The fraction of sp³-hybridized carbons (Fsp3) is 0.206. The zero-order valence-corrected chi connectivity index (χ0v) is 29.1. The predicted octanol–water partition coefficient (Wildman–Crippen LogP) is 6.82. The van der Waals surface area contributed by atoms with E-state index in [0.717, 1.165) is 0 Å². The molecule has 0 spiro atoms. The van der Waals surface area contributed by atoms with Crippen molar-refractivity contribution in [1.29, 1.82) is 0 Å². The van der Waals surface area contributed by atoms with E-state index in [-0.39, 0.29) is 18.0 Å². The first-order chi connectivity index (χ1) is 23.1. The Balaban J connectivity index is 0.000000309. The molecule has 4 aromatic rings. The van der Waals surface area contributed by atoms with E-state index in [0.29, 0.717) is 45.6 Å². The van der Waals surface area contributed by atoms with Crippen LogP contribution in [0.15, 0.2) is 101 Å². The topological polar surface area (TPSA) is 139 Å². The van der Waals surface area contributed by atoms with Crippen LogP contribution in [0, 0.1) is 0 Å². The zero-order valence-electron chi connectivity index (χ0n) is 26.6. The summed E-state index contributed by atoms with van der Waals surface area (Å²) in [4.78, 5) is 34.6. The summed E-state index contributed by atoms with van der Waals surface area (Å²) in [6.45, 7) is 0. The molecule has 2 atom stereocenters. The molecule has 0 heterocycles. The van der Waals surface area contributed by atoms with Gasteiger partial charge in [-0.3, -0.25) is 14.4 Å². The summed E-state index contributed by atoms with van der Waals surface area (Å²) in [6.07, 6.45) is -1.54. The Kier molecular flexibility index (Phi) is 17.7. The van der Waals surface area contributed by atoms with Crippen LogP contribution in [0.1, 0.15) is 27.1 Å². The van der Waals surface area contributed by atoms with Gasteiger partial charge >= 0.3 is 30.7 Å². The van der Waals surface area contributed by atoms with Gasteiger partial charge in [-0.15, -0.1) is 0 Å². The number of hydrogen-bond donors (Lipinski definition) is 2. The Morgan fingerprint density at radius 3 is 1.60 bits per heavy atom. The number of alkyl halides is 1. The number of aliphatic hydroxyl groups is 1. The van der Waals surface area contributed by atoms with Gasteiger partial charge in [-0.25, -0.2) is 0 Å². The van der Waals surface area contributed by atoms with E-state index in [1.165, 1.54) is 28.4 Å². The normalized spacial score (nSPS) is 11.1. The molecule has 4 rings (SSSR count).